The van der Waals surface area contributed by atoms with Crippen LogP contribution in [0.3, 0.4) is 0 Å². The molecule has 0 aromatic heterocycles. The molecule has 0 aliphatic rings. The van der Waals surface area contributed by atoms with Gasteiger partial charge in [-0.3, -0.25) is 0 Å². The molecule has 0 atom stereocenters. The second kappa shape index (κ2) is 8.83. The summed E-state index contributed by atoms with van der Waals surface area (Å²) in [5.41, 5.74) is 0. The Bertz CT molecular complexity index is 265. The van der Waals surface area contributed by atoms with Crippen LogP contribution in [0.15, 0.2) is 9.66 Å². The summed E-state index contributed by atoms with van der Waals surface area (Å²) >= 11 is 1.85. The fourth-order valence-electron chi connectivity index (χ4n) is 1.28. The summed E-state index contributed by atoms with van der Waals surface area (Å²) in [7, 11) is 0. The molecule has 0 saturated heterocycles. The van der Waals surface area contributed by atoms with Crippen LogP contribution in [-0.4, -0.2) is 18.5 Å². The number of ether oxygens (including phenoxy) is 1. The van der Waals surface area contributed by atoms with Gasteiger partial charge in [-0.1, -0.05) is 26.2 Å². The standard InChI is InChI=1S/C12H19F2IO2/c1-3-5-6-7-8-10(15)9-12(13,14)11(16)17-4-2/h9H,3-8H2,1-2H3. The van der Waals surface area contributed by atoms with Gasteiger partial charge < -0.3 is 4.74 Å². The first kappa shape index (κ1) is 16.8. The minimum absolute atomic E-state index is 0.0324. The minimum Gasteiger partial charge on any atom is -0.461 e. The Hall–Kier alpha value is -0.200. The van der Waals surface area contributed by atoms with Crippen molar-refractivity contribution in [3.05, 3.63) is 9.66 Å². The van der Waals surface area contributed by atoms with Gasteiger partial charge in [0.05, 0.1) is 6.61 Å². The van der Waals surface area contributed by atoms with E-state index in [-0.39, 0.29) is 6.61 Å². The maximum absolute atomic E-state index is 13.3. The summed E-state index contributed by atoms with van der Waals surface area (Å²) < 4.78 is 31.4. The minimum atomic E-state index is -3.50. The SMILES string of the molecule is CCCCCCC(I)=CC(F)(F)C(=O)OCC. The van der Waals surface area contributed by atoms with Crippen molar-refractivity contribution in [1.29, 1.82) is 0 Å². The molecule has 0 aliphatic carbocycles. The Morgan fingerprint density at radius 1 is 1.29 bits per heavy atom. The molecule has 0 spiro atoms. The summed E-state index contributed by atoms with van der Waals surface area (Å²) in [5, 5.41) is 0. The Kier molecular flexibility index (Phi) is 8.72. The number of unbranched alkanes of at least 4 members (excludes halogenated alkanes) is 3. The van der Waals surface area contributed by atoms with E-state index in [4.69, 9.17) is 0 Å². The number of esters is 1. The molecule has 0 aliphatic heterocycles. The molecule has 100 valence electrons. The first-order chi connectivity index (χ1) is 7.94. The molecule has 0 heterocycles. The average Bonchev–Trinajstić information content (AvgIpc) is 2.24. The van der Waals surface area contributed by atoms with Crippen LogP contribution in [0.4, 0.5) is 8.78 Å². The van der Waals surface area contributed by atoms with Crippen LogP contribution < -0.4 is 0 Å². The summed E-state index contributed by atoms with van der Waals surface area (Å²) in [6, 6.07) is 0. The molecule has 0 aromatic carbocycles. The van der Waals surface area contributed by atoms with Crippen LogP contribution in [0, 0.1) is 0 Å². The molecule has 0 bridgehead atoms. The molecule has 5 heteroatoms. The van der Waals surface area contributed by atoms with Crippen molar-refractivity contribution >= 4 is 28.6 Å². The number of carbonyl (C=O) groups is 1. The van der Waals surface area contributed by atoms with Crippen molar-refractivity contribution < 1.29 is 18.3 Å². The average molecular weight is 360 g/mol. The lowest BCUT2D eigenvalue weighted by atomic mass is 10.1. The smallest absolute Gasteiger partial charge is 0.381 e. The van der Waals surface area contributed by atoms with E-state index in [1.54, 1.807) is 0 Å². The molecule has 2 nitrogen and oxygen atoms in total. The van der Waals surface area contributed by atoms with Gasteiger partial charge in [0.2, 0.25) is 0 Å². The molecule has 0 saturated carbocycles. The highest BCUT2D eigenvalue weighted by Crippen LogP contribution is 2.25. The highest BCUT2D eigenvalue weighted by molar-refractivity contribution is 14.1. The molecule has 0 unspecified atom stereocenters. The van der Waals surface area contributed by atoms with Crippen LogP contribution >= 0.6 is 22.6 Å². The molecule has 0 N–H and O–H groups in total. The quantitative estimate of drug-likeness (QED) is 0.363. The van der Waals surface area contributed by atoms with Crippen molar-refractivity contribution in [2.75, 3.05) is 6.61 Å². The predicted molar refractivity (Wildman–Crippen MR) is 72.4 cm³/mol. The first-order valence-electron chi connectivity index (χ1n) is 5.86. The number of hydrogen-bond donors (Lipinski definition) is 0. The normalized spacial score (nSPS) is 12.6. The fourth-order valence-corrected chi connectivity index (χ4v) is 2.05. The van der Waals surface area contributed by atoms with E-state index in [0.29, 0.717) is 16.1 Å². The second-order valence-corrected chi connectivity index (χ2v) is 5.13. The largest absolute Gasteiger partial charge is 0.461 e. The third-order valence-corrected chi connectivity index (χ3v) is 3.01. The van der Waals surface area contributed by atoms with Gasteiger partial charge in [-0.25, -0.2) is 4.79 Å². The maximum Gasteiger partial charge on any atom is 0.381 e. The van der Waals surface area contributed by atoms with Gasteiger partial charge in [0.25, 0.3) is 0 Å². The molecule has 0 aromatic rings. The van der Waals surface area contributed by atoms with Gasteiger partial charge in [-0.05, 0) is 45.9 Å². The molecule has 17 heavy (non-hydrogen) atoms. The molecular weight excluding hydrogens is 341 g/mol. The topological polar surface area (TPSA) is 26.3 Å². The van der Waals surface area contributed by atoms with Gasteiger partial charge in [0, 0.05) is 6.08 Å². The summed E-state index contributed by atoms with van der Waals surface area (Å²) in [6.45, 7) is 3.57. The van der Waals surface area contributed by atoms with E-state index < -0.39 is 11.9 Å². The zero-order chi connectivity index (χ0) is 13.3. The summed E-state index contributed by atoms with van der Waals surface area (Å²) in [5.74, 6) is -4.97. The Morgan fingerprint density at radius 2 is 1.94 bits per heavy atom. The lowest BCUT2D eigenvalue weighted by molar-refractivity contribution is -0.164. The van der Waals surface area contributed by atoms with Crippen LogP contribution in [0.5, 0.6) is 0 Å². The van der Waals surface area contributed by atoms with E-state index in [1.165, 1.54) is 6.92 Å². The van der Waals surface area contributed by atoms with Gasteiger partial charge in [-0.15, -0.1) is 0 Å². The number of rotatable bonds is 8. The zero-order valence-electron chi connectivity index (χ0n) is 10.3. The predicted octanol–water partition coefficient (Wildman–Crippen LogP) is 4.47. The van der Waals surface area contributed by atoms with Crippen LogP contribution in [-0.2, 0) is 9.53 Å². The van der Waals surface area contributed by atoms with Crippen molar-refractivity contribution in [3.63, 3.8) is 0 Å². The zero-order valence-corrected chi connectivity index (χ0v) is 12.4. The number of carbonyl (C=O) groups excluding carboxylic acids is 1. The van der Waals surface area contributed by atoms with Crippen molar-refractivity contribution in [1.82, 2.24) is 0 Å². The van der Waals surface area contributed by atoms with Crippen molar-refractivity contribution in [2.24, 2.45) is 0 Å². The molecular formula is C12H19F2IO2. The van der Waals surface area contributed by atoms with Gasteiger partial charge in [0.1, 0.15) is 0 Å². The van der Waals surface area contributed by atoms with E-state index in [0.717, 1.165) is 25.7 Å². The molecule has 0 radical (unpaired) electrons. The first-order valence-corrected chi connectivity index (χ1v) is 6.94. The maximum atomic E-state index is 13.3. The van der Waals surface area contributed by atoms with E-state index in [2.05, 4.69) is 11.7 Å². The highest BCUT2D eigenvalue weighted by Gasteiger charge is 2.38. The number of allylic oxidation sites excluding steroid dienone is 1. The van der Waals surface area contributed by atoms with E-state index in [1.807, 2.05) is 22.6 Å². The fraction of sp³-hybridized carbons (Fsp3) is 0.750. The lowest BCUT2D eigenvalue weighted by Gasteiger charge is -2.11. The van der Waals surface area contributed by atoms with Gasteiger partial charge in [0.15, 0.2) is 0 Å². The van der Waals surface area contributed by atoms with Crippen LogP contribution in [0.2, 0.25) is 0 Å². The third-order valence-electron chi connectivity index (χ3n) is 2.15. The molecule has 0 fully saturated rings. The summed E-state index contributed by atoms with van der Waals surface area (Å²) in [4.78, 5) is 11.0. The van der Waals surface area contributed by atoms with Gasteiger partial charge >= 0.3 is 11.9 Å². The molecule has 0 rings (SSSR count). The van der Waals surface area contributed by atoms with E-state index in [9.17, 15) is 13.6 Å². The van der Waals surface area contributed by atoms with Crippen molar-refractivity contribution in [2.45, 2.75) is 51.9 Å². The Labute approximate surface area is 115 Å². The number of hydrogen-bond acceptors (Lipinski definition) is 2. The molecule has 0 amide bonds. The summed E-state index contributed by atoms with van der Waals surface area (Å²) in [6.07, 6.45) is 5.42. The third kappa shape index (κ3) is 7.68. The monoisotopic (exact) mass is 360 g/mol. The highest BCUT2D eigenvalue weighted by atomic mass is 127. The van der Waals surface area contributed by atoms with Gasteiger partial charge in [-0.2, -0.15) is 8.78 Å². The van der Waals surface area contributed by atoms with E-state index >= 15 is 0 Å². The lowest BCUT2D eigenvalue weighted by Crippen LogP contribution is -2.28. The number of halogens is 3. The van der Waals surface area contributed by atoms with Crippen molar-refractivity contribution in [3.8, 4) is 0 Å². The Morgan fingerprint density at radius 3 is 2.47 bits per heavy atom. The number of alkyl halides is 2. The second-order valence-electron chi connectivity index (χ2n) is 3.75. The van der Waals surface area contributed by atoms with Crippen LogP contribution in [0.1, 0.15) is 46.0 Å². The Balaban J connectivity index is 4.19. The van der Waals surface area contributed by atoms with Crippen LogP contribution in [0.25, 0.3) is 0 Å².